The molecule has 2 aromatic heterocycles. The molecule has 0 bridgehead atoms. The highest BCUT2D eigenvalue weighted by Crippen LogP contribution is 2.35. The molecule has 0 atom stereocenters. The predicted octanol–water partition coefficient (Wildman–Crippen LogP) is 3.37. The lowest BCUT2D eigenvalue weighted by atomic mass is 10.00. The Morgan fingerprint density at radius 3 is 2.76 bits per heavy atom. The largest absolute Gasteiger partial charge is 0.507 e. The molecule has 4 rings (SSSR count). The van der Waals surface area contributed by atoms with E-state index >= 15 is 0 Å². The summed E-state index contributed by atoms with van der Waals surface area (Å²) in [4.78, 5) is 4.77. The third-order valence-electron chi connectivity index (χ3n) is 4.22. The number of aromatic nitrogens is 3. The molecule has 0 unspecified atom stereocenters. The first-order valence-electron chi connectivity index (χ1n) is 7.48. The second-order valence-corrected chi connectivity index (χ2v) is 5.56. The lowest BCUT2D eigenvalue weighted by Crippen LogP contribution is -2.06. The third-order valence-corrected chi connectivity index (χ3v) is 4.22. The van der Waals surface area contributed by atoms with Gasteiger partial charge in [0.25, 0.3) is 0 Å². The van der Waals surface area contributed by atoms with E-state index in [0.29, 0.717) is 5.75 Å². The number of phenolic OH excluding ortho intramolecular Hbond substituents is 1. The van der Waals surface area contributed by atoms with Crippen molar-refractivity contribution in [3.63, 3.8) is 0 Å². The van der Waals surface area contributed by atoms with Gasteiger partial charge in [0.2, 0.25) is 0 Å². The number of rotatable bonds is 1. The minimum absolute atomic E-state index is 0.298. The van der Waals surface area contributed by atoms with Crippen molar-refractivity contribution < 1.29 is 5.11 Å². The molecular weight excluding hydrogens is 262 g/mol. The average Bonchev–Trinajstić information content (AvgIpc) is 2.83. The maximum absolute atomic E-state index is 10.3. The summed E-state index contributed by atoms with van der Waals surface area (Å²) in [5.41, 5.74) is 5.10. The van der Waals surface area contributed by atoms with E-state index in [-0.39, 0.29) is 0 Å². The summed E-state index contributed by atoms with van der Waals surface area (Å²) in [7, 11) is 0. The van der Waals surface area contributed by atoms with Crippen molar-refractivity contribution in [1.82, 2.24) is 14.6 Å². The van der Waals surface area contributed by atoms with Crippen LogP contribution in [-0.4, -0.2) is 19.7 Å². The molecule has 106 valence electrons. The number of hydrogen-bond acceptors (Lipinski definition) is 3. The number of fused-ring (bicyclic) bond motifs is 2. The summed E-state index contributed by atoms with van der Waals surface area (Å²) in [5.74, 6) is 0.298. The third kappa shape index (κ3) is 1.98. The summed E-state index contributed by atoms with van der Waals surface area (Å²) in [5, 5.41) is 14.7. The van der Waals surface area contributed by atoms with Crippen LogP contribution in [0.5, 0.6) is 5.75 Å². The Kier molecular flexibility index (Phi) is 2.88. The molecule has 2 heterocycles. The Morgan fingerprint density at radius 1 is 1.00 bits per heavy atom. The van der Waals surface area contributed by atoms with E-state index in [1.807, 2.05) is 28.8 Å². The topological polar surface area (TPSA) is 50.4 Å². The number of benzene rings is 1. The van der Waals surface area contributed by atoms with Gasteiger partial charge in [0.15, 0.2) is 5.65 Å². The van der Waals surface area contributed by atoms with Crippen LogP contribution in [0.2, 0.25) is 0 Å². The number of aromatic hydroxyl groups is 1. The van der Waals surface area contributed by atoms with Crippen LogP contribution in [0.1, 0.15) is 30.5 Å². The normalized spacial score (nSPS) is 14.9. The molecule has 0 saturated carbocycles. The molecular formula is C17H17N3O. The first-order valence-corrected chi connectivity index (χ1v) is 7.48. The molecule has 3 aromatic rings. The lowest BCUT2D eigenvalue weighted by molar-refractivity contribution is 0.477. The highest BCUT2D eigenvalue weighted by Gasteiger charge is 2.20. The molecule has 0 saturated heterocycles. The molecule has 0 aliphatic heterocycles. The van der Waals surface area contributed by atoms with Gasteiger partial charge in [0.05, 0.1) is 11.9 Å². The summed E-state index contributed by atoms with van der Waals surface area (Å²) in [6.07, 6.45) is 7.37. The van der Waals surface area contributed by atoms with Crippen molar-refractivity contribution in [2.75, 3.05) is 0 Å². The lowest BCUT2D eigenvalue weighted by Gasteiger charge is -2.15. The molecule has 0 radical (unpaired) electrons. The van der Waals surface area contributed by atoms with Crippen LogP contribution < -0.4 is 0 Å². The second kappa shape index (κ2) is 4.88. The van der Waals surface area contributed by atoms with Gasteiger partial charge in [-0.1, -0.05) is 18.6 Å². The molecule has 1 aromatic carbocycles. The standard InChI is InChI=1S/C17H17N3O/c21-15-9-5-4-7-13(15)17-12-6-2-1-3-8-14(12)19-16-10-11-18-20(16)17/h4-5,7,9-11,21H,1-3,6,8H2. The molecule has 4 heteroatoms. The van der Waals surface area contributed by atoms with Crippen molar-refractivity contribution in [3.8, 4) is 17.0 Å². The SMILES string of the molecule is Oc1ccccc1-c1c2c(nc3ccnn13)CCCCC2. The molecule has 1 aliphatic rings. The van der Waals surface area contributed by atoms with E-state index in [1.54, 1.807) is 12.3 Å². The van der Waals surface area contributed by atoms with E-state index in [2.05, 4.69) is 5.10 Å². The highest BCUT2D eigenvalue weighted by molar-refractivity contribution is 5.72. The van der Waals surface area contributed by atoms with Gasteiger partial charge in [-0.25, -0.2) is 9.50 Å². The first-order chi connectivity index (χ1) is 10.3. The van der Waals surface area contributed by atoms with Crippen LogP contribution in [0.4, 0.5) is 0 Å². The van der Waals surface area contributed by atoms with Crippen molar-refractivity contribution >= 4 is 5.65 Å². The Bertz CT molecular complexity index is 807. The van der Waals surface area contributed by atoms with Crippen LogP contribution in [0.15, 0.2) is 36.5 Å². The number of para-hydroxylation sites is 1. The van der Waals surface area contributed by atoms with Gasteiger partial charge in [-0.3, -0.25) is 0 Å². The fourth-order valence-electron chi connectivity index (χ4n) is 3.21. The maximum Gasteiger partial charge on any atom is 0.155 e. The Hall–Kier alpha value is -2.36. The summed E-state index contributed by atoms with van der Waals surface area (Å²) in [6.45, 7) is 0. The van der Waals surface area contributed by atoms with Crippen molar-refractivity contribution in [3.05, 3.63) is 47.8 Å². The predicted molar refractivity (Wildman–Crippen MR) is 81.3 cm³/mol. The van der Waals surface area contributed by atoms with E-state index < -0.39 is 0 Å². The van der Waals surface area contributed by atoms with E-state index in [1.165, 1.54) is 30.5 Å². The van der Waals surface area contributed by atoms with Gasteiger partial charge < -0.3 is 5.11 Å². The molecule has 0 fully saturated rings. The summed E-state index contributed by atoms with van der Waals surface area (Å²) < 4.78 is 1.86. The molecule has 1 aliphatic carbocycles. The zero-order valence-electron chi connectivity index (χ0n) is 11.8. The van der Waals surface area contributed by atoms with Crippen LogP contribution in [-0.2, 0) is 12.8 Å². The second-order valence-electron chi connectivity index (χ2n) is 5.56. The molecule has 4 nitrogen and oxygen atoms in total. The van der Waals surface area contributed by atoms with Gasteiger partial charge in [0, 0.05) is 22.9 Å². The summed E-state index contributed by atoms with van der Waals surface area (Å²) >= 11 is 0. The fraction of sp³-hybridized carbons (Fsp3) is 0.294. The van der Waals surface area contributed by atoms with Crippen LogP contribution >= 0.6 is 0 Å². The van der Waals surface area contributed by atoms with Crippen molar-refractivity contribution in [1.29, 1.82) is 0 Å². The molecule has 1 N–H and O–H groups in total. The molecule has 0 spiro atoms. The van der Waals surface area contributed by atoms with Gasteiger partial charge in [-0.2, -0.15) is 5.10 Å². The Morgan fingerprint density at radius 2 is 1.86 bits per heavy atom. The Labute approximate surface area is 123 Å². The number of hydrogen-bond donors (Lipinski definition) is 1. The van der Waals surface area contributed by atoms with Crippen molar-refractivity contribution in [2.24, 2.45) is 0 Å². The van der Waals surface area contributed by atoms with Crippen molar-refractivity contribution in [2.45, 2.75) is 32.1 Å². The monoisotopic (exact) mass is 279 g/mol. The molecule has 0 amide bonds. The average molecular weight is 279 g/mol. The zero-order chi connectivity index (χ0) is 14.2. The first kappa shape index (κ1) is 12.4. The summed E-state index contributed by atoms with van der Waals surface area (Å²) in [6, 6.07) is 9.41. The fourth-order valence-corrected chi connectivity index (χ4v) is 3.21. The van der Waals surface area contributed by atoms with Crippen LogP contribution in [0.3, 0.4) is 0 Å². The Balaban J connectivity index is 2.08. The molecule has 21 heavy (non-hydrogen) atoms. The quantitative estimate of drug-likeness (QED) is 0.695. The van der Waals surface area contributed by atoms with Gasteiger partial charge in [-0.05, 0) is 37.8 Å². The smallest absolute Gasteiger partial charge is 0.155 e. The highest BCUT2D eigenvalue weighted by atomic mass is 16.3. The van der Waals surface area contributed by atoms with Gasteiger partial charge >= 0.3 is 0 Å². The van der Waals surface area contributed by atoms with Gasteiger partial charge in [-0.15, -0.1) is 0 Å². The van der Waals surface area contributed by atoms with Gasteiger partial charge in [0.1, 0.15) is 5.75 Å². The zero-order valence-corrected chi connectivity index (χ0v) is 11.8. The van der Waals surface area contributed by atoms with E-state index in [0.717, 1.165) is 29.7 Å². The van der Waals surface area contributed by atoms with E-state index in [4.69, 9.17) is 4.98 Å². The maximum atomic E-state index is 10.3. The number of phenols is 1. The van der Waals surface area contributed by atoms with Crippen LogP contribution in [0.25, 0.3) is 16.9 Å². The minimum Gasteiger partial charge on any atom is -0.507 e. The number of aryl methyl sites for hydroxylation is 1. The van der Waals surface area contributed by atoms with Crippen LogP contribution in [0, 0.1) is 0 Å². The minimum atomic E-state index is 0.298. The van der Waals surface area contributed by atoms with E-state index in [9.17, 15) is 5.11 Å². The number of nitrogens with zero attached hydrogens (tertiary/aromatic N) is 3.